The number of hydrogen-bond donors (Lipinski definition) is 7. The predicted octanol–water partition coefficient (Wildman–Crippen LogP) is 3.55. The Balaban J connectivity index is 1.04. The molecule has 0 radical (unpaired) electrons. The number of carbonyl (C=O) groups is 3. The fourth-order valence-electron chi connectivity index (χ4n) is 8.65. The van der Waals surface area contributed by atoms with Gasteiger partial charge < -0.3 is 50.8 Å². The number of aromatic nitrogens is 4. The Morgan fingerprint density at radius 1 is 1.08 bits per heavy atom. The predicted molar refractivity (Wildman–Crippen MR) is 236 cm³/mol. The van der Waals surface area contributed by atoms with E-state index in [1.54, 1.807) is 23.5 Å². The number of anilines is 1. The standard InChI is InChI=1S/C45H61N9O8S/c1-27(29-13-15-30(16-14-29)38-28(2)49-26-63-38)51-42(60)34-21-32(57)22-53(34)43(61)39(44(3,4)5)47-19-9-6-7-11-31(12-8-10-20-55)52-41-33-17-18-36(54(33)50-25-48-41)45(24-46)40(59)37(58)35(23-56)62-45/h13-18,20,25-27,31-32,34-35,37,39-40,47,56-59H,6-12,19,21-23H2,1-5H3,(H,51,60)(H,48,50,52)/t27-,31?,32+,34-,35+,37-,39+,40-,45-/m0/s1. The first-order valence-electron chi connectivity index (χ1n) is 21.8. The minimum atomic E-state index is -1.97. The number of fused-ring (bicyclic) bond motifs is 1. The van der Waals surface area contributed by atoms with Gasteiger partial charge in [0.15, 0.2) is 5.82 Å². The van der Waals surface area contributed by atoms with Crippen molar-refractivity contribution < 1.29 is 39.5 Å². The third-order valence-electron chi connectivity index (χ3n) is 12.2. The molecule has 2 aliphatic rings. The number of ether oxygens (including phenoxy) is 1. The van der Waals surface area contributed by atoms with Gasteiger partial charge in [0.25, 0.3) is 0 Å². The number of nitrogens with zero attached hydrogens (tertiary/aromatic N) is 6. The molecule has 2 saturated heterocycles. The van der Waals surface area contributed by atoms with E-state index >= 15 is 0 Å². The van der Waals surface area contributed by atoms with Crippen LogP contribution in [0.1, 0.15) is 102 Å². The number of amides is 2. The summed E-state index contributed by atoms with van der Waals surface area (Å²) in [5.74, 6) is -0.0488. The molecule has 0 spiro atoms. The largest absolute Gasteiger partial charge is 0.394 e. The first kappa shape index (κ1) is 47.6. The van der Waals surface area contributed by atoms with E-state index in [0.29, 0.717) is 37.1 Å². The summed E-state index contributed by atoms with van der Waals surface area (Å²) in [5, 5.41) is 66.2. The van der Waals surface area contributed by atoms with Gasteiger partial charge in [-0.3, -0.25) is 9.59 Å². The molecule has 6 rings (SSSR count). The summed E-state index contributed by atoms with van der Waals surface area (Å²) in [5.41, 5.74) is 3.01. The maximum atomic E-state index is 14.2. The van der Waals surface area contributed by atoms with Crippen LogP contribution < -0.4 is 16.0 Å². The number of rotatable bonds is 20. The number of β-amino-alcohol motifs (C(OH)–C–C–N with tert-alkyl or cyclic N) is 1. The smallest absolute Gasteiger partial charge is 0.243 e. The zero-order valence-electron chi connectivity index (χ0n) is 36.6. The van der Waals surface area contributed by atoms with Crippen LogP contribution in [0.4, 0.5) is 5.82 Å². The Bertz CT molecular complexity index is 2220. The molecule has 0 saturated carbocycles. The average Bonchev–Trinajstić information content (AvgIpc) is 4.05. The maximum Gasteiger partial charge on any atom is 0.243 e. The van der Waals surface area contributed by atoms with Crippen LogP contribution in [0.3, 0.4) is 0 Å². The summed E-state index contributed by atoms with van der Waals surface area (Å²) in [6.45, 7) is 9.87. The zero-order valence-corrected chi connectivity index (χ0v) is 37.4. The van der Waals surface area contributed by atoms with Crippen LogP contribution in [0.2, 0.25) is 0 Å². The fraction of sp³-hybridized carbons (Fsp3) is 0.578. The number of aliphatic hydroxyl groups is 4. The Hall–Kier alpha value is -4.87. The molecule has 0 bridgehead atoms. The molecule has 3 aromatic heterocycles. The van der Waals surface area contributed by atoms with E-state index in [2.05, 4.69) is 31.0 Å². The van der Waals surface area contributed by atoms with E-state index in [-0.39, 0.29) is 42.6 Å². The normalized spacial score (nSPS) is 23.9. The van der Waals surface area contributed by atoms with Crippen molar-refractivity contribution in [2.75, 3.05) is 25.0 Å². The van der Waals surface area contributed by atoms with Gasteiger partial charge in [-0.2, -0.15) is 10.4 Å². The van der Waals surface area contributed by atoms with Gasteiger partial charge in [-0.05, 0) is 74.8 Å². The monoisotopic (exact) mass is 887 g/mol. The Morgan fingerprint density at radius 3 is 2.48 bits per heavy atom. The summed E-state index contributed by atoms with van der Waals surface area (Å²) in [4.78, 5) is 50.6. The first-order chi connectivity index (χ1) is 30.1. The Kier molecular flexibility index (Phi) is 15.7. The van der Waals surface area contributed by atoms with Crippen molar-refractivity contribution in [3.63, 3.8) is 0 Å². The summed E-state index contributed by atoms with van der Waals surface area (Å²) >= 11 is 1.58. The summed E-state index contributed by atoms with van der Waals surface area (Å²) in [7, 11) is 0. The van der Waals surface area contributed by atoms with Crippen molar-refractivity contribution in [2.45, 2.75) is 140 Å². The third kappa shape index (κ3) is 10.6. The number of nitriles is 1. The second-order valence-corrected chi connectivity index (χ2v) is 18.7. The SMILES string of the molecule is Cc1ncsc1-c1ccc([C@H](C)NC(=O)[C@@H]2C[C@@H](O)CN2C(=O)[C@@H](NCCCCCC(CCCC=O)Nc2ncnn3c([C@]4(C#N)O[C@H](CO)[C@H](O)[C@@H]4O)ccc23)C(C)(C)C)cc1. The van der Waals surface area contributed by atoms with Crippen LogP contribution in [-0.2, 0) is 24.7 Å². The summed E-state index contributed by atoms with van der Waals surface area (Å²) in [6.07, 6.45) is 2.21. The molecule has 5 heterocycles. The second-order valence-electron chi connectivity index (χ2n) is 17.8. The Labute approximate surface area is 371 Å². The minimum absolute atomic E-state index is 0.0718. The average molecular weight is 888 g/mol. The number of aldehydes is 1. The number of thiazole rings is 1. The highest BCUT2D eigenvalue weighted by Crippen LogP contribution is 2.40. The molecule has 18 heteroatoms. The quantitative estimate of drug-likeness (QED) is 0.0496. The number of hydrogen-bond acceptors (Lipinski definition) is 15. The van der Waals surface area contributed by atoms with Gasteiger partial charge in [-0.1, -0.05) is 57.9 Å². The van der Waals surface area contributed by atoms with Crippen molar-refractivity contribution >= 4 is 40.8 Å². The second kappa shape index (κ2) is 20.8. The molecule has 340 valence electrons. The summed E-state index contributed by atoms with van der Waals surface area (Å²) in [6, 6.07) is 11.5. The molecule has 1 aromatic carbocycles. The number of aliphatic hydroxyl groups excluding tert-OH is 4. The van der Waals surface area contributed by atoms with Gasteiger partial charge in [0, 0.05) is 25.4 Å². The molecule has 7 N–H and O–H groups in total. The molecule has 9 atom stereocenters. The van der Waals surface area contributed by atoms with Gasteiger partial charge in [-0.15, -0.1) is 11.3 Å². The van der Waals surface area contributed by atoms with Gasteiger partial charge in [0.05, 0.1) is 46.6 Å². The number of benzene rings is 1. The summed E-state index contributed by atoms with van der Waals surface area (Å²) < 4.78 is 7.16. The fourth-order valence-corrected chi connectivity index (χ4v) is 9.47. The van der Waals surface area contributed by atoms with Gasteiger partial charge in [0.1, 0.15) is 48.6 Å². The maximum absolute atomic E-state index is 14.2. The molecular formula is C45H61N9O8S. The number of aryl methyl sites for hydroxylation is 1. The van der Waals surface area contributed by atoms with Crippen LogP contribution in [0.25, 0.3) is 16.0 Å². The molecule has 63 heavy (non-hydrogen) atoms. The lowest BCUT2D eigenvalue weighted by atomic mass is 9.85. The molecule has 2 amide bonds. The van der Waals surface area contributed by atoms with Crippen LogP contribution in [0.5, 0.6) is 0 Å². The van der Waals surface area contributed by atoms with Crippen molar-refractivity contribution in [3.8, 4) is 16.5 Å². The van der Waals surface area contributed by atoms with Crippen LogP contribution in [-0.4, -0.2) is 125 Å². The van der Waals surface area contributed by atoms with E-state index in [0.717, 1.165) is 53.7 Å². The molecular weight excluding hydrogens is 827 g/mol. The molecule has 17 nitrogen and oxygen atoms in total. The lowest BCUT2D eigenvalue weighted by molar-refractivity contribution is -0.142. The molecule has 2 aliphatic heterocycles. The number of carbonyl (C=O) groups excluding carboxylic acids is 3. The van der Waals surface area contributed by atoms with Crippen molar-refractivity contribution in [2.24, 2.45) is 5.41 Å². The van der Waals surface area contributed by atoms with E-state index in [1.807, 2.05) is 70.5 Å². The zero-order chi connectivity index (χ0) is 45.5. The van der Waals surface area contributed by atoms with E-state index < -0.39 is 54.1 Å². The highest BCUT2D eigenvalue weighted by atomic mass is 32.1. The first-order valence-corrected chi connectivity index (χ1v) is 22.6. The lowest BCUT2D eigenvalue weighted by Crippen LogP contribution is -2.56. The van der Waals surface area contributed by atoms with Gasteiger partial charge in [0.2, 0.25) is 17.4 Å². The highest BCUT2D eigenvalue weighted by molar-refractivity contribution is 7.13. The molecule has 0 aliphatic carbocycles. The number of likely N-dealkylation sites (tertiary alicyclic amines) is 1. The topological polar surface area (TPSA) is 248 Å². The number of unbranched alkanes of at least 4 members (excludes halogenated alkanes) is 3. The minimum Gasteiger partial charge on any atom is -0.394 e. The van der Waals surface area contributed by atoms with Gasteiger partial charge in [-0.25, -0.2) is 14.5 Å². The Morgan fingerprint density at radius 2 is 1.83 bits per heavy atom. The van der Waals surface area contributed by atoms with Crippen molar-refractivity contribution in [1.29, 1.82) is 5.26 Å². The molecule has 4 aromatic rings. The van der Waals surface area contributed by atoms with Crippen LogP contribution in [0.15, 0.2) is 48.2 Å². The van der Waals surface area contributed by atoms with Crippen molar-refractivity contribution in [3.05, 3.63) is 65.2 Å². The lowest BCUT2D eigenvalue weighted by Gasteiger charge is -2.35. The van der Waals surface area contributed by atoms with E-state index in [4.69, 9.17) is 4.74 Å². The van der Waals surface area contributed by atoms with Crippen LogP contribution in [0, 0.1) is 23.7 Å². The highest BCUT2D eigenvalue weighted by Gasteiger charge is 2.57. The van der Waals surface area contributed by atoms with E-state index in [1.165, 1.54) is 15.7 Å². The van der Waals surface area contributed by atoms with E-state index in [9.17, 15) is 40.1 Å². The van der Waals surface area contributed by atoms with Crippen molar-refractivity contribution in [1.82, 2.24) is 35.1 Å². The third-order valence-corrected chi connectivity index (χ3v) is 13.2. The molecule has 2 fully saturated rings. The number of nitrogens with one attached hydrogen (secondary N) is 3. The van der Waals surface area contributed by atoms with Crippen LogP contribution >= 0.6 is 11.3 Å². The van der Waals surface area contributed by atoms with Gasteiger partial charge >= 0.3 is 0 Å². The molecule has 1 unspecified atom stereocenters.